The van der Waals surface area contributed by atoms with Crippen LogP contribution in [0.4, 0.5) is 0 Å². The Kier molecular flexibility index (Phi) is 22.5. The molecule has 0 saturated carbocycles. The first kappa shape index (κ1) is 50.6. The first-order valence-electron chi connectivity index (χ1n) is 21.0. The monoisotopic (exact) mass is 1100 g/mol. The first-order valence-corrected chi connectivity index (χ1v) is 27.1. The van der Waals surface area contributed by atoms with Crippen LogP contribution in [0.3, 0.4) is 0 Å². The molecule has 0 aliphatic carbocycles. The number of hydrogen-bond donors (Lipinski definition) is 2. The molecule has 0 radical (unpaired) electrons. The van der Waals surface area contributed by atoms with Gasteiger partial charge in [0, 0.05) is 0 Å². The minimum Gasteiger partial charge on any atom is -0.547 e. The summed E-state index contributed by atoms with van der Waals surface area (Å²) in [7, 11) is -1.39. The number of aliphatic carboxylic acids is 1. The predicted octanol–water partition coefficient (Wildman–Crippen LogP) is 7.59. The average molecular weight is 1100 g/mol. The Labute approximate surface area is 400 Å². The zero-order valence-electron chi connectivity index (χ0n) is 35.5. The van der Waals surface area contributed by atoms with Crippen LogP contribution in [0.5, 0.6) is 0 Å². The quantitative estimate of drug-likeness (QED) is 0.0773. The van der Waals surface area contributed by atoms with Gasteiger partial charge >= 0.3 is 22.4 Å². The zero-order valence-corrected chi connectivity index (χ0v) is 41.3. The number of carbonyl (C=O) groups excluding carboxylic acids is 1. The maximum atomic E-state index is 9.41. The van der Waals surface area contributed by atoms with Crippen LogP contribution in [0.1, 0.15) is 0 Å². The molecule has 0 spiro atoms. The molecular weight excluding hydrogens is 1050 g/mol. The number of hydrogen-bond acceptors (Lipinski definition) is 4. The van der Waals surface area contributed by atoms with E-state index in [-0.39, 0.29) is 54.1 Å². The third-order valence-corrected chi connectivity index (χ3v) is 20.8. The summed E-state index contributed by atoms with van der Waals surface area (Å²) in [6.45, 7) is -0.789. The molecule has 8 rings (SSSR count). The van der Waals surface area contributed by atoms with Crippen molar-refractivity contribution >= 4 is 80.1 Å². The van der Waals surface area contributed by atoms with Crippen LogP contribution in [-0.2, 0) is 27.2 Å². The maximum absolute atomic E-state index is 9.41. The molecule has 4 nitrogen and oxygen atoms in total. The normalized spacial score (nSPS) is 11.2. The minimum atomic E-state index is -1.74. The molecule has 1 atom stereocenters. The molecule has 9 heteroatoms. The third kappa shape index (κ3) is 15.9. The van der Waals surface area contributed by atoms with Gasteiger partial charge in [0.05, 0.1) is 12.6 Å². The van der Waals surface area contributed by atoms with Crippen molar-refractivity contribution in [1.82, 2.24) is 0 Å². The minimum absolute atomic E-state index is 0. The number of carbonyl (C=O) groups is 1. The van der Waals surface area contributed by atoms with Crippen molar-refractivity contribution < 1.29 is 42.5 Å². The fourth-order valence-electron chi connectivity index (χ4n) is 6.97. The van der Waals surface area contributed by atoms with Gasteiger partial charge in [-0.3, -0.25) is 0 Å². The van der Waals surface area contributed by atoms with E-state index >= 15 is 0 Å². The molecule has 328 valence electrons. The van der Waals surface area contributed by atoms with E-state index in [1.54, 1.807) is 0 Å². The van der Waals surface area contributed by atoms with Crippen molar-refractivity contribution in [2.45, 2.75) is 6.10 Å². The van der Waals surface area contributed by atoms with Gasteiger partial charge in [0.2, 0.25) is 0 Å². The van der Waals surface area contributed by atoms with Gasteiger partial charge in [0.1, 0.15) is 6.10 Å². The summed E-state index contributed by atoms with van der Waals surface area (Å²) in [5.41, 5.74) is 0. The molecule has 0 aliphatic heterocycles. The Bertz CT molecular complexity index is 1950. The predicted molar refractivity (Wildman–Crippen MR) is 274 cm³/mol. The molecule has 0 aliphatic rings. The van der Waals surface area contributed by atoms with Crippen molar-refractivity contribution in [2.75, 3.05) is 31.3 Å². The van der Waals surface area contributed by atoms with Crippen molar-refractivity contribution in [3.05, 3.63) is 243 Å². The van der Waals surface area contributed by atoms with E-state index in [0.29, 0.717) is 0 Å². The molecule has 0 bridgehead atoms. The molecule has 0 aromatic heterocycles. The molecule has 0 saturated heterocycles. The molecule has 1 unspecified atom stereocenters. The number of aliphatic hydroxyl groups excluding tert-OH is 2. The van der Waals surface area contributed by atoms with Crippen LogP contribution in [0.15, 0.2) is 243 Å². The fraction of sp³-hybridized carbons (Fsp3) is 0.109. The SMILES string of the molecule is O=C([O-])C(O)CO.[Au+].c1ccc(P(CCP(c2ccccc2)c2ccccc2)c2ccccc2)cc1.c1ccc(P(CCP(c2ccccc2)c2ccccc2)c2ccccc2)cc1. The topological polar surface area (TPSA) is 80.6 Å². The van der Waals surface area contributed by atoms with Gasteiger partial charge in [-0.15, -0.1) is 0 Å². The summed E-state index contributed by atoms with van der Waals surface area (Å²) >= 11 is 0. The standard InChI is InChI=1S/2C26H24P2.C3H6O4.Au/c2*1-5-13-23(14-6-1)27(24-15-7-2-8-16-24)21-22-28(25-17-9-3-10-18-25)26-19-11-4-12-20-26;4-1-2(5)3(6)7;/h2*1-20H,21-22H2;2,4-5H,1H2,(H,6,7);/q;;;+1/p-1. The maximum Gasteiger partial charge on any atom is 1.00 e. The van der Waals surface area contributed by atoms with E-state index in [9.17, 15) is 9.90 Å². The van der Waals surface area contributed by atoms with Gasteiger partial charge < -0.3 is 20.1 Å². The molecular formula is C55H53AuO4P4. The second-order valence-electron chi connectivity index (χ2n) is 14.3. The van der Waals surface area contributed by atoms with Crippen molar-refractivity contribution in [2.24, 2.45) is 0 Å². The Morgan fingerprint density at radius 3 is 0.578 bits per heavy atom. The van der Waals surface area contributed by atoms with E-state index < -0.39 is 18.7 Å². The summed E-state index contributed by atoms with van der Waals surface area (Å²) in [4.78, 5) is 9.41. The summed E-state index contributed by atoms with van der Waals surface area (Å²) in [5, 5.41) is 37.0. The summed E-state index contributed by atoms with van der Waals surface area (Å²) in [5.74, 6) is -1.65. The Hall–Kier alpha value is -4.39. The molecule has 0 amide bonds. The van der Waals surface area contributed by atoms with Crippen LogP contribution < -0.4 is 47.5 Å². The molecule has 0 fully saturated rings. The van der Waals surface area contributed by atoms with E-state index in [0.717, 1.165) is 0 Å². The molecule has 8 aromatic rings. The third-order valence-electron chi connectivity index (χ3n) is 10.1. The molecule has 8 aromatic carbocycles. The van der Waals surface area contributed by atoms with Gasteiger partial charge in [0.15, 0.2) is 0 Å². The Morgan fingerprint density at radius 2 is 0.484 bits per heavy atom. The summed E-state index contributed by atoms with van der Waals surface area (Å²) in [6, 6.07) is 88.4. The molecule has 2 N–H and O–H groups in total. The van der Waals surface area contributed by atoms with Crippen LogP contribution >= 0.6 is 31.7 Å². The van der Waals surface area contributed by atoms with Gasteiger partial charge in [-0.2, -0.15) is 0 Å². The number of rotatable bonds is 16. The fourth-order valence-corrected chi connectivity index (χ4v) is 17.7. The zero-order chi connectivity index (χ0) is 43.9. The number of aliphatic hydroxyl groups is 2. The molecule has 64 heavy (non-hydrogen) atoms. The number of benzene rings is 8. The van der Waals surface area contributed by atoms with E-state index in [2.05, 4.69) is 243 Å². The average Bonchev–Trinajstić information content (AvgIpc) is 3.36. The smallest absolute Gasteiger partial charge is 0.547 e. The van der Waals surface area contributed by atoms with Crippen LogP contribution in [0.25, 0.3) is 0 Å². The number of carboxylic acids is 1. The van der Waals surface area contributed by atoms with E-state index in [1.807, 2.05) is 0 Å². The van der Waals surface area contributed by atoms with Crippen LogP contribution in [0, 0.1) is 0 Å². The van der Waals surface area contributed by atoms with Crippen molar-refractivity contribution in [3.8, 4) is 0 Å². The van der Waals surface area contributed by atoms with Crippen LogP contribution in [0.2, 0.25) is 0 Å². The Morgan fingerprint density at radius 1 is 0.344 bits per heavy atom. The van der Waals surface area contributed by atoms with Crippen molar-refractivity contribution in [3.63, 3.8) is 0 Å². The van der Waals surface area contributed by atoms with Crippen LogP contribution in [-0.4, -0.2) is 53.5 Å². The largest absolute Gasteiger partial charge is 1.00 e. The van der Waals surface area contributed by atoms with Gasteiger partial charge in [0.25, 0.3) is 0 Å². The first-order chi connectivity index (χ1) is 31.0. The van der Waals surface area contributed by atoms with Crippen molar-refractivity contribution in [1.29, 1.82) is 0 Å². The second-order valence-corrected chi connectivity index (χ2v) is 23.7. The van der Waals surface area contributed by atoms with E-state index in [1.165, 1.54) is 67.1 Å². The van der Waals surface area contributed by atoms with Gasteiger partial charge in [-0.1, -0.05) is 243 Å². The summed E-state index contributed by atoms with van der Waals surface area (Å²) < 4.78 is 0. The number of carboxylic acid groups (broad SMARTS) is 1. The second kappa shape index (κ2) is 28.5. The molecule has 0 heterocycles. The van der Waals surface area contributed by atoms with E-state index in [4.69, 9.17) is 10.2 Å². The Balaban J connectivity index is 0.000000207. The van der Waals surface area contributed by atoms with Gasteiger partial charge in [-0.25, -0.2) is 0 Å². The van der Waals surface area contributed by atoms with Gasteiger partial charge in [-0.05, 0) is 98.8 Å². The summed E-state index contributed by atoms with van der Waals surface area (Å²) in [6.07, 6.45) is 3.09.